The smallest absolute Gasteiger partial charge is 0.151 e. The molecule has 0 aromatic carbocycles. The third-order valence-electron chi connectivity index (χ3n) is 1.97. The molecule has 0 N–H and O–H groups in total. The second kappa shape index (κ2) is 2.04. The van der Waals surface area contributed by atoms with Crippen LogP contribution in [0.4, 0.5) is 0 Å². The zero-order valence-corrected chi connectivity index (χ0v) is 5.99. The Kier molecular flexibility index (Phi) is 1.19. The SMILES string of the molecule is C[C@@H]1CCn2nnnc2C1. The fourth-order valence-electron chi connectivity index (χ4n) is 1.30. The Bertz CT molecular complexity index is 229. The lowest BCUT2D eigenvalue weighted by Gasteiger charge is -2.16. The van der Waals surface area contributed by atoms with Gasteiger partial charge in [0.15, 0.2) is 5.82 Å². The molecule has 1 aromatic rings. The van der Waals surface area contributed by atoms with Gasteiger partial charge >= 0.3 is 0 Å². The van der Waals surface area contributed by atoms with Crippen molar-refractivity contribution in [3.8, 4) is 0 Å². The number of hydrogen-bond donors (Lipinski definition) is 0. The highest BCUT2D eigenvalue weighted by molar-refractivity contribution is 4.86. The van der Waals surface area contributed by atoms with Crippen LogP contribution in [0.5, 0.6) is 0 Å². The van der Waals surface area contributed by atoms with Crippen molar-refractivity contribution in [2.24, 2.45) is 5.92 Å². The van der Waals surface area contributed by atoms with Crippen LogP contribution in [0.15, 0.2) is 0 Å². The molecular weight excluding hydrogens is 128 g/mol. The maximum Gasteiger partial charge on any atom is 0.151 e. The summed E-state index contributed by atoms with van der Waals surface area (Å²) in [5.41, 5.74) is 0. The first-order valence-electron chi connectivity index (χ1n) is 3.61. The Morgan fingerprint density at radius 2 is 2.50 bits per heavy atom. The maximum atomic E-state index is 3.91. The fourth-order valence-corrected chi connectivity index (χ4v) is 1.30. The molecule has 1 aromatic heterocycles. The number of aromatic nitrogens is 4. The van der Waals surface area contributed by atoms with Gasteiger partial charge in [0.05, 0.1) is 0 Å². The zero-order chi connectivity index (χ0) is 6.97. The molecule has 4 heteroatoms. The molecule has 0 fully saturated rings. The molecule has 0 saturated carbocycles. The summed E-state index contributed by atoms with van der Waals surface area (Å²) in [7, 11) is 0. The van der Waals surface area contributed by atoms with Crippen LogP contribution in [-0.4, -0.2) is 20.2 Å². The molecule has 2 heterocycles. The largest absolute Gasteiger partial charge is 0.230 e. The van der Waals surface area contributed by atoms with E-state index < -0.39 is 0 Å². The summed E-state index contributed by atoms with van der Waals surface area (Å²) in [6.45, 7) is 3.22. The molecule has 1 aliphatic heterocycles. The van der Waals surface area contributed by atoms with E-state index in [4.69, 9.17) is 0 Å². The van der Waals surface area contributed by atoms with E-state index in [1.54, 1.807) is 0 Å². The predicted octanol–water partition coefficient (Wildman–Crippen LogP) is 0.255. The van der Waals surface area contributed by atoms with Crippen LogP contribution >= 0.6 is 0 Å². The van der Waals surface area contributed by atoms with E-state index in [-0.39, 0.29) is 0 Å². The summed E-state index contributed by atoms with van der Waals surface area (Å²) in [6.07, 6.45) is 2.24. The average Bonchev–Trinajstić information content (AvgIpc) is 2.33. The Hall–Kier alpha value is -0.930. The van der Waals surface area contributed by atoms with Crippen LogP contribution in [0, 0.1) is 5.92 Å². The van der Waals surface area contributed by atoms with Gasteiger partial charge in [-0.25, -0.2) is 4.68 Å². The third kappa shape index (κ3) is 0.798. The standard InChI is InChI=1S/C6H10N4/c1-5-2-3-10-6(4-5)7-8-9-10/h5H,2-4H2,1H3/t5-/m1/s1. The molecule has 0 aliphatic carbocycles. The molecule has 0 unspecified atom stereocenters. The van der Waals surface area contributed by atoms with Crippen molar-refractivity contribution in [3.63, 3.8) is 0 Å². The quantitative estimate of drug-likeness (QED) is 0.516. The number of tetrazole rings is 1. The van der Waals surface area contributed by atoms with E-state index in [0.717, 1.165) is 24.7 Å². The van der Waals surface area contributed by atoms with Crippen LogP contribution in [0.25, 0.3) is 0 Å². The van der Waals surface area contributed by atoms with E-state index in [0.29, 0.717) is 0 Å². The van der Waals surface area contributed by atoms with Crippen molar-refractivity contribution in [1.82, 2.24) is 20.2 Å². The zero-order valence-electron chi connectivity index (χ0n) is 5.99. The van der Waals surface area contributed by atoms with Gasteiger partial charge in [0.2, 0.25) is 0 Å². The van der Waals surface area contributed by atoms with Crippen LogP contribution < -0.4 is 0 Å². The first-order valence-corrected chi connectivity index (χ1v) is 3.61. The van der Waals surface area contributed by atoms with E-state index in [1.807, 2.05) is 4.68 Å². The Morgan fingerprint density at radius 3 is 3.40 bits per heavy atom. The van der Waals surface area contributed by atoms with Crippen molar-refractivity contribution >= 4 is 0 Å². The van der Waals surface area contributed by atoms with Gasteiger partial charge in [0.1, 0.15) is 0 Å². The van der Waals surface area contributed by atoms with Gasteiger partial charge in [-0.3, -0.25) is 0 Å². The van der Waals surface area contributed by atoms with Crippen molar-refractivity contribution in [3.05, 3.63) is 5.82 Å². The number of rotatable bonds is 0. The monoisotopic (exact) mass is 138 g/mol. The normalized spacial score (nSPS) is 24.3. The number of nitrogens with zero attached hydrogens (tertiary/aromatic N) is 4. The third-order valence-corrected chi connectivity index (χ3v) is 1.97. The molecule has 1 aliphatic rings. The summed E-state index contributed by atoms with van der Waals surface area (Å²) in [6, 6.07) is 0. The topological polar surface area (TPSA) is 43.6 Å². The summed E-state index contributed by atoms with van der Waals surface area (Å²) in [5, 5.41) is 11.4. The summed E-state index contributed by atoms with van der Waals surface area (Å²) in [4.78, 5) is 0. The van der Waals surface area contributed by atoms with Crippen LogP contribution in [0.1, 0.15) is 19.2 Å². The average molecular weight is 138 g/mol. The Balaban J connectivity index is 2.30. The van der Waals surface area contributed by atoms with Gasteiger partial charge in [-0.1, -0.05) is 6.92 Å². The van der Waals surface area contributed by atoms with Gasteiger partial charge in [-0.2, -0.15) is 0 Å². The highest BCUT2D eigenvalue weighted by atomic mass is 15.5. The molecule has 10 heavy (non-hydrogen) atoms. The highest BCUT2D eigenvalue weighted by Gasteiger charge is 2.16. The molecule has 1 atom stereocenters. The molecule has 54 valence electrons. The summed E-state index contributed by atoms with van der Waals surface area (Å²) in [5.74, 6) is 1.79. The molecule has 0 amide bonds. The van der Waals surface area contributed by atoms with Gasteiger partial charge in [-0.15, -0.1) is 5.10 Å². The van der Waals surface area contributed by atoms with Crippen LogP contribution in [-0.2, 0) is 13.0 Å². The summed E-state index contributed by atoms with van der Waals surface area (Å²) < 4.78 is 1.89. The maximum absolute atomic E-state index is 3.91. The lowest BCUT2D eigenvalue weighted by Crippen LogP contribution is -2.18. The second-order valence-electron chi connectivity index (χ2n) is 2.92. The Morgan fingerprint density at radius 1 is 1.60 bits per heavy atom. The first kappa shape index (κ1) is 5.82. The minimum absolute atomic E-state index is 0.749. The number of aryl methyl sites for hydroxylation is 1. The number of fused-ring (bicyclic) bond motifs is 1. The molecule has 4 nitrogen and oxygen atoms in total. The van der Waals surface area contributed by atoms with Crippen molar-refractivity contribution in [2.45, 2.75) is 26.3 Å². The van der Waals surface area contributed by atoms with E-state index in [9.17, 15) is 0 Å². The van der Waals surface area contributed by atoms with Crippen LogP contribution in [0.3, 0.4) is 0 Å². The molecule has 2 rings (SSSR count). The predicted molar refractivity (Wildman–Crippen MR) is 35.3 cm³/mol. The molecule has 0 radical (unpaired) electrons. The lowest BCUT2D eigenvalue weighted by molar-refractivity contribution is 0.384. The minimum atomic E-state index is 0.749. The summed E-state index contributed by atoms with van der Waals surface area (Å²) >= 11 is 0. The molecule has 0 saturated heterocycles. The Labute approximate surface area is 59.2 Å². The second-order valence-corrected chi connectivity index (χ2v) is 2.92. The van der Waals surface area contributed by atoms with Gasteiger partial charge in [0, 0.05) is 13.0 Å². The fraction of sp³-hybridized carbons (Fsp3) is 0.833. The van der Waals surface area contributed by atoms with Gasteiger partial charge in [0.25, 0.3) is 0 Å². The van der Waals surface area contributed by atoms with Gasteiger partial charge in [-0.05, 0) is 22.8 Å². The number of hydrogen-bond acceptors (Lipinski definition) is 3. The molecule has 0 spiro atoms. The van der Waals surface area contributed by atoms with E-state index in [1.165, 1.54) is 6.42 Å². The van der Waals surface area contributed by atoms with Crippen molar-refractivity contribution in [1.29, 1.82) is 0 Å². The van der Waals surface area contributed by atoms with Crippen molar-refractivity contribution < 1.29 is 0 Å². The van der Waals surface area contributed by atoms with Crippen molar-refractivity contribution in [2.75, 3.05) is 0 Å². The van der Waals surface area contributed by atoms with Crippen LogP contribution in [0.2, 0.25) is 0 Å². The molecular formula is C6H10N4. The minimum Gasteiger partial charge on any atom is -0.230 e. The van der Waals surface area contributed by atoms with E-state index in [2.05, 4.69) is 22.4 Å². The lowest BCUT2D eigenvalue weighted by atomic mass is 10.0. The van der Waals surface area contributed by atoms with E-state index >= 15 is 0 Å². The molecule has 0 bridgehead atoms. The highest BCUT2D eigenvalue weighted by Crippen LogP contribution is 2.15. The van der Waals surface area contributed by atoms with Gasteiger partial charge < -0.3 is 0 Å². The first-order chi connectivity index (χ1) is 4.86.